The van der Waals surface area contributed by atoms with Crippen molar-refractivity contribution in [2.45, 2.75) is 11.9 Å². The fraction of sp³-hybridized carbons (Fsp3) is 0.100. The molecule has 0 atom stereocenters. The molecular weight excluding hydrogens is 418 g/mol. The Kier molecular flexibility index (Phi) is 5.04. The second kappa shape index (κ2) is 7.68. The predicted octanol–water partition coefficient (Wildman–Crippen LogP) is 3.98. The molecule has 0 saturated carbocycles. The maximum Gasteiger partial charge on any atom is 0.400 e. The maximum atomic E-state index is 13.0. The number of halogens is 3. The zero-order chi connectivity index (χ0) is 21.3. The number of rotatable bonds is 7. The number of benzene rings is 2. The van der Waals surface area contributed by atoms with Gasteiger partial charge in [0.05, 0.1) is 0 Å². The second-order valence-corrected chi connectivity index (χ2v) is 6.85. The van der Waals surface area contributed by atoms with Crippen molar-refractivity contribution in [1.29, 1.82) is 0 Å². The van der Waals surface area contributed by atoms with Crippen LogP contribution < -0.4 is 21.5 Å². The van der Waals surface area contributed by atoms with Crippen LogP contribution in [-0.2, 0) is 11.9 Å². The Morgan fingerprint density at radius 3 is 2.27 bits per heavy atom. The van der Waals surface area contributed by atoms with E-state index in [1.807, 2.05) is 18.2 Å². The first kappa shape index (κ1) is 19.7. The van der Waals surface area contributed by atoms with Crippen molar-refractivity contribution in [2.24, 2.45) is 0 Å². The van der Waals surface area contributed by atoms with Crippen molar-refractivity contribution in [2.75, 3.05) is 10.6 Å². The molecule has 3 aromatic carbocycles. The van der Waals surface area contributed by atoms with Crippen LogP contribution in [0.1, 0.15) is 11.5 Å². The molecule has 0 saturated heterocycles. The quantitative estimate of drug-likeness (QED) is 0.338. The van der Waals surface area contributed by atoms with Crippen molar-refractivity contribution >= 4 is 28.7 Å². The average molecular weight is 431 g/mol. The highest BCUT2D eigenvalue weighted by molar-refractivity contribution is 6.21. The zero-order valence-corrected chi connectivity index (χ0v) is 15.9. The van der Waals surface area contributed by atoms with E-state index in [9.17, 15) is 18.4 Å². The number of nitrogens with one attached hydrogen (secondary N) is 2. The summed E-state index contributed by atoms with van der Waals surface area (Å²) in [5, 5.41) is 5.64. The molecule has 152 valence electrons. The smallest absolute Gasteiger partial charge is 0.376 e. The lowest BCUT2D eigenvalue weighted by Crippen LogP contribution is -2.36. The van der Waals surface area contributed by atoms with Gasteiger partial charge in [-0.1, -0.05) is 47.6 Å². The van der Waals surface area contributed by atoms with E-state index in [0.29, 0.717) is 11.3 Å². The minimum absolute atomic E-state index is 0.0262. The number of anilines is 3. The van der Waals surface area contributed by atoms with Crippen LogP contribution in [-0.4, -0.2) is 10.1 Å². The van der Waals surface area contributed by atoms with Crippen molar-refractivity contribution in [1.82, 2.24) is 10.1 Å². The lowest BCUT2D eigenvalue weighted by molar-refractivity contribution is 0.0551. The van der Waals surface area contributed by atoms with Crippen molar-refractivity contribution in [3.8, 4) is 11.4 Å². The largest absolute Gasteiger partial charge is 0.400 e. The molecule has 0 amide bonds. The Morgan fingerprint density at radius 2 is 1.63 bits per heavy atom. The molecule has 1 aromatic heterocycles. The van der Waals surface area contributed by atoms with E-state index in [1.54, 1.807) is 36.4 Å². The third-order valence-electron chi connectivity index (χ3n) is 4.30. The summed E-state index contributed by atoms with van der Waals surface area (Å²) in [7, 11) is 0. The van der Waals surface area contributed by atoms with Crippen LogP contribution in [0.4, 0.5) is 25.8 Å². The molecule has 7 nitrogen and oxygen atoms in total. The molecule has 0 bridgehead atoms. The minimum atomic E-state index is -3.74. The number of hydrogen-bond acceptors (Lipinski definition) is 7. The van der Waals surface area contributed by atoms with E-state index in [0.717, 1.165) is 5.56 Å². The number of nitrogens with zero attached hydrogens (tertiary/aromatic N) is 2. The average Bonchev–Trinajstić information content (AvgIpc) is 3.25. The van der Waals surface area contributed by atoms with Gasteiger partial charge in [0.2, 0.25) is 5.82 Å². The molecule has 30 heavy (non-hydrogen) atoms. The van der Waals surface area contributed by atoms with Gasteiger partial charge in [-0.3, -0.25) is 9.59 Å². The number of aromatic nitrogens is 2. The van der Waals surface area contributed by atoms with Crippen LogP contribution in [0.25, 0.3) is 11.4 Å². The molecule has 2 N–H and O–H groups in total. The Hall–Kier alpha value is -3.59. The van der Waals surface area contributed by atoms with Crippen molar-refractivity contribution < 1.29 is 13.3 Å². The second-order valence-electron chi connectivity index (χ2n) is 6.37. The summed E-state index contributed by atoms with van der Waals surface area (Å²) >= 11 is 4.86. The van der Waals surface area contributed by atoms with Gasteiger partial charge in [0, 0.05) is 17.8 Å². The molecule has 0 aliphatic carbocycles. The van der Waals surface area contributed by atoms with Gasteiger partial charge >= 0.3 is 11.3 Å². The van der Waals surface area contributed by atoms with Crippen molar-refractivity contribution in [3.63, 3.8) is 0 Å². The van der Waals surface area contributed by atoms with Gasteiger partial charge in [0.1, 0.15) is 11.4 Å². The number of para-hydroxylation sites is 1. The van der Waals surface area contributed by atoms with Gasteiger partial charge < -0.3 is 15.2 Å². The summed E-state index contributed by atoms with van der Waals surface area (Å²) < 4.78 is 30.4. The SMILES string of the molecule is O=c1c(NCc2ccc(-c3noc(C(F)(F)Cl)n3)cc2)c(Nc2ccccc2)c1=O. The topological polar surface area (TPSA) is 97.1 Å². The van der Waals surface area contributed by atoms with Gasteiger partial charge in [-0.2, -0.15) is 13.8 Å². The molecule has 0 fully saturated rings. The molecule has 4 rings (SSSR count). The summed E-state index contributed by atoms with van der Waals surface area (Å²) in [5.41, 5.74) is 1.18. The highest BCUT2D eigenvalue weighted by atomic mass is 35.5. The standard InChI is InChI=1S/C20H13ClF2N4O3/c21-20(22,23)19-26-18(27-30-19)12-8-6-11(7-9-12)10-24-14-15(17(29)16(14)28)25-13-4-2-1-3-5-13/h1-9,24-25H,10H2. The minimum Gasteiger partial charge on any atom is -0.376 e. The lowest BCUT2D eigenvalue weighted by Gasteiger charge is -2.15. The summed E-state index contributed by atoms with van der Waals surface area (Å²) in [6.45, 7) is 0.270. The molecule has 1 heterocycles. The summed E-state index contributed by atoms with van der Waals surface area (Å²) in [6, 6.07) is 15.7. The fourth-order valence-electron chi connectivity index (χ4n) is 2.76. The van der Waals surface area contributed by atoms with Crippen molar-refractivity contribution in [3.05, 3.63) is 86.5 Å². The zero-order valence-electron chi connectivity index (χ0n) is 15.2. The van der Waals surface area contributed by atoms with Crippen LogP contribution in [0.15, 0.2) is 68.7 Å². The van der Waals surface area contributed by atoms with Crippen LogP contribution >= 0.6 is 11.6 Å². The van der Waals surface area contributed by atoms with Gasteiger partial charge in [-0.25, -0.2) is 0 Å². The Morgan fingerprint density at radius 1 is 0.967 bits per heavy atom. The molecule has 0 spiro atoms. The fourth-order valence-corrected chi connectivity index (χ4v) is 2.84. The molecular formula is C20H13ClF2N4O3. The van der Waals surface area contributed by atoms with Gasteiger partial charge in [0.25, 0.3) is 10.9 Å². The monoisotopic (exact) mass is 430 g/mol. The molecule has 0 aliphatic rings. The van der Waals surface area contributed by atoms with E-state index in [4.69, 9.17) is 11.6 Å². The molecule has 0 unspecified atom stereocenters. The van der Waals surface area contributed by atoms with Crippen LogP contribution in [0.2, 0.25) is 0 Å². The van der Waals surface area contributed by atoms with Gasteiger partial charge in [-0.05, 0) is 29.3 Å². The van der Waals surface area contributed by atoms with E-state index >= 15 is 0 Å². The van der Waals surface area contributed by atoms with Crippen LogP contribution in [0.5, 0.6) is 0 Å². The molecule has 10 heteroatoms. The van der Waals surface area contributed by atoms with E-state index in [2.05, 4.69) is 25.3 Å². The Labute approximate surface area is 173 Å². The third kappa shape index (κ3) is 3.92. The highest BCUT2D eigenvalue weighted by Crippen LogP contribution is 2.32. The first-order valence-electron chi connectivity index (χ1n) is 8.72. The normalized spacial score (nSPS) is 11.6. The summed E-state index contributed by atoms with van der Waals surface area (Å²) in [5.74, 6) is -1.01. The van der Waals surface area contributed by atoms with E-state index < -0.39 is 22.1 Å². The van der Waals surface area contributed by atoms with E-state index in [1.165, 1.54) is 0 Å². The van der Waals surface area contributed by atoms with Gasteiger partial charge in [-0.15, -0.1) is 0 Å². The van der Waals surface area contributed by atoms with Gasteiger partial charge in [0.15, 0.2) is 0 Å². The van der Waals surface area contributed by atoms with Crippen LogP contribution in [0.3, 0.4) is 0 Å². The predicted molar refractivity (Wildman–Crippen MR) is 108 cm³/mol. The summed E-state index contributed by atoms with van der Waals surface area (Å²) in [4.78, 5) is 27.3. The first-order chi connectivity index (χ1) is 14.3. The first-order valence-corrected chi connectivity index (χ1v) is 9.10. The number of hydrogen-bond donors (Lipinski definition) is 2. The van der Waals surface area contributed by atoms with Crippen LogP contribution in [0, 0.1) is 0 Å². The maximum absolute atomic E-state index is 13.0. The lowest BCUT2D eigenvalue weighted by atomic mass is 10.1. The molecule has 0 aliphatic heterocycles. The summed E-state index contributed by atoms with van der Waals surface area (Å²) in [6.07, 6.45) is 0. The highest BCUT2D eigenvalue weighted by Gasteiger charge is 2.35. The Bertz CT molecular complexity index is 1240. The molecule has 4 aromatic rings. The number of alkyl halides is 3. The third-order valence-corrected chi connectivity index (χ3v) is 4.47. The Balaban J connectivity index is 1.44. The van der Waals surface area contributed by atoms with E-state index in [-0.39, 0.29) is 23.7 Å². The molecule has 0 radical (unpaired) electrons.